The Morgan fingerprint density at radius 1 is 1.19 bits per heavy atom. The molecule has 1 aromatic rings. The summed E-state index contributed by atoms with van der Waals surface area (Å²) in [4.78, 5) is 10.3. The fourth-order valence-corrected chi connectivity index (χ4v) is 3.96. The Hall–Kier alpha value is -1.65. The van der Waals surface area contributed by atoms with Gasteiger partial charge >= 0.3 is 0 Å². The third-order valence-electron chi connectivity index (χ3n) is 5.23. The van der Waals surface area contributed by atoms with Crippen LogP contribution in [0.25, 0.3) is 0 Å². The lowest BCUT2D eigenvalue weighted by atomic mass is 9.71. The molecule has 0 radical (unpaired) electrons. The van der Waals surface area contributed by atoms with Crippen LogP contribution in [-0.4, -0.2) is 11.0 Å². The van der Waals surface area contributed by atoms with E-state index in [1.54, 1.807) is 0 Å². The number of anilines is 1. The highest BCUT2D eigenvalue weighted by Crippen LogP contribution is 2.49. The quantitative estimate of drug-likeness (QED) is 0.651. The molecule has 114 valence electrons. The highest BCUT2D eigenvalue weighted by molar-refractivity contribution is 5.52. The largest absolute Gasteiger partial charge is 0.380 e. The van der Waals surface area contributed by atoms with Gasteiger partial charge in [0.15, 0.2) is 0 Å². The van der Waals surface area contributed by atoms with Gasteiger partial charge in [0.2, 0.25) is 0 Å². The number of nitro groups is 1. The predicted molar refractivity (Wildman–Crippen MR) is 79.8 cm³/mol. The van der Waals surface area contributed by atoms with Gasteiger partial charge in [0.1, 0.15) is 5.82 Å². The molecule has 0 atom stereocenters. The van der Waals surface area contributed by atoms with E-state index in [0.717, 1.165) is 12.8 Å². The summed E-state index contributed by atoms with van der Waals surface area (Å²) in [5.41, 5.74) is 0.734. The molecule has 21 heavy (non-hydrogen) atoms. The number of nitrogens with zero attached hydrogens (tertiary/aromatic N) is 1. The summed E-state index contributed by atoms with van der Waals surface area (Å²) < 4.78 is 13.8. The molecule has 0 aromatic heterocycles. The molecule has 2 fully saturated rings. The third kappa shape index (κ3) is 3.01. The second kappa shape index (κ2) is 5.62. The van der Waals surface area contributed by atoms with Crippen LogP contribution in [0.1, 0.15) is 51.4 Å². The van der Waals surface area contributed by atoms with Crippen molar-refractivity contribution in [3.05, 3.63) is 34.1 Å². The van der Waals surface area contributed by atoms with Gasteiger partial charge in [-0.1, -0.05) is 12.8 Å². The second-order valence-electron chi connectivity index (χ2n) is 6.55. The van der Waals surface area contributed by atoms with Crippen molar-refractivity contribution < 1.29 is 9.31 Å². The smallest absolute Gasteiger partial charge is 0.271 e. The summed E-state index contributed by atoms with van der Waals surface area (Å²) in [5, 5.41) is 14.0. The number of hydrogen-bond donors (Lipinski definition) is 1. The Bertz CT molecular complexity index is 531. The van der Waals surface area contributed by atoms with E-state index in [2.05, 4.69) is 5.32 Å². The number of benzene rings is 1. The number of rotatable bonds is 3. The lowest BCUT2D eigenvalue weighted by molar-refractivity contribution is -0.384. The maximum Gasteiger partial charge on any atom is 0.271 e. The van der Waals surface area contributed by atoms with Crippen LogP contribution in [0.5, 0.6) is 0 Å². The Kier molecular flexibility index (Phi) is 3.83. The molecule has 0 heterocycles. The topological polar surface area (TPSA) is 55.2 Å². The standard InChI is InChI=1S/C16H21FN2O2/c17-14-4-3-13(19(20)21)11-15(14)18-12-5-9-16(10-6-12)7-1-2-8-16/h3-4,11-12,18H,1-2,5-10H2. The Balaban J connectivity index is 1.65. The van der Waals surface area contributed by atoms with Gasteiger partial charge in [0.25, 0.3) is 5.69 Å². The molecule has 0 aliphatic heterocycles. The number of nitrogens with one attached hydrogen (secondary N) is 1. The zero-order chi connectivity index (χ0) is 14.9. The van der Waals surface area contributed by atoms with Crippen molar-refractivity contribution in [3.8, 4) is 0 Å². The Morgan fingerprint density at radius 2 is 1.86 bits per heavy atom. The van der Waals surface area contributed by atoms with Crippen molar-refractivity contribution in [1.29, 1.82) is 0 Å². The van der Waals surface area contributed by atoms with Gasteiger partial charge in [-0.2, -0.15) is 0 Å². The fraction of sp³-hybridized carbons (Fsp3) is 0.625. The van der Waals surface area contributed by atoms with Gasteiger partial charge in [-0.15, -0.1) is 0 Å². The average Bonchev–Trinajstić information content (AvgIpc) is 2.92. The lowest BCUT2D eigenvalue weighted by Gasteiger charge is -2.37. The van der Waals surface area contributed by atoms with Crippen molar-refractivity contribution in [2.75, 3.05) is 5.32 Å². The number of non-ortho nitro benzene ring substituents is 1. The Morgan fingerprint density at radius 3 is 2.48 bits per heavy atom. The molecule has 2 aliphatic carbocycles. The van der Waals surface area contributed by atoms with E-state index >= 15 is 0 Å². The molecule has 0 saturated heterocycles. The zero-order valence-corrected chi connectivity index (χ0v) is 12.1. The van der Waals surface area contributed by atoms with Crippen LogP contribution in [0.15, 0.2) is 18.2 Å². The Labute approximate surface area is 123 Å². The monoisotopic (exact) mass is 292 g/mol. The number of hydrogen-bond acceptors (Lipinski definition) is 3. The van der Waals surface area contributed by atoms with Crippen molar-refractivity contribution in [3.63, 3.8) is 0 Å². The molecule has 1 spiro atoms. The zero-order valence-electron chi connectivity index (χ0n) is 12.1. The van der Waals surface area contributed by atoms with E-state index in [1.807, 2.05) is 0 Å². The van der Waals surface area contributed by atoms with Crippen LogP contribution in [0, 0.1) is 21.3 Å². The maximum atomic E-state index is 13.8. The van der Waals surface area contributed by atoms with E-state index in [9.17, 15) is 14.5 Å². The average molecular weight is 292 g/mol. The summed E-state index contributed by atoms with van der Waals surface area (Å²) in [6.45, 7) is 0. The molecule has 1 aromatic carbocycles. The first-order valence-electron chi connectivity index (χ1n) is 7.79. The van der Waals surface area contributed by atoms with Gasteiger partial charge in [-0.25, -0.2) is 4.39 Å². The third-order valence-corrected chi connectivity index (χ3v) is 5.23. The number of halogens is 1. The molecule has 2 aliphatic rings. The summed E-state index contributed by atoms with van der Waals surface area (Å²) in [5.74, 6) is -0.415. The van der Waals surface area contributed by atoms with Crippen LogP contribution in [0.3, 0.4) is 0 Å². The second-order valence-corrected chi connectivity index (χ2v) is 6.55. The van der Waals surface area contributed by atoms with Crippen molar-refractivity contribution in [1.82, 2.24) is 0 Å². The lowest BCUT2D eigenvalue weighted by Crippen LogP contribution is -2.31. The molecule has 2 saturated carbocycles. The molecule has 1 N–H and O–H groups in total. The van der Waals surface area contributed by atoms with Crippen LogP contribution >= 0.6 is 0 Å². The minimum atomic E-state index is -0.487. The molecule has 0 bridgehead atoms. The van der Waals surface area contributed by atoms with Gasteiger partial charge in [-0.05, 0) is 50.0 Å². The summed E-state index contributed by atoms with van der Waals surface area (Å²) in [6, 6.07) is 3.90. The normalized spacial score (nSPS) is 21.6. The van der Waals surface area contributed by atoms with E-state index in [4.69, 9.17) is 0 Å². The summed E-state index contributed by atoms with van der Waals surface area (Å²) >= 11 is 0. The van der Waals surface area contributed by atoms with Gasteiger partial charge in [-0.3, -0.25) is 10.1 Å². The van der Waals surface area contributed by atoms with Crippen LogP contribution < -0.4 is 5.32 Å². The van der Waals surface area contributed by atoms with Gasteiger partial charge in [0, 0.05) is 18.2 Å². The van der Waals surface area contributed by atoms with E-state index in [0.29, 0.717) is 5.41 Å². The molecule has 5 heteroatoms. The van der Waals surface area contributed by atoms with Crippen molar-refractivity contribution >= 4 is 11.4 Å². The maximum absolute atomic E-state index is 13.8. The molecule has 0 amide bonds. The van der Waals surface area contributed by atoms with Crippen LogP contribution in [0.4, 0.5) is 15.8 Å². The van der Waals surface area contributed by atoms with E-state index < -0.39 is 10.7 Å². The minimum Gasteiger partial charge on any atom is -0.380 e. The van der Waals surface area contributed by atoms with E-state index in [1.165, 1.54) is 56.7 Å². The number of nitro benzene ring substituents is 1. The predicted octanol–water partition coefficient (Wildman–Crippen LogP) is 4.65. The first kappa shape index (κ1) is 14.3. The minimum absolute atomic E-state index is 0.0676. The van der Waals surface area contributed by atoms with Gasteiger partial charge < -0.3 is 5.32 Å². The SMILES string of the molecule is O=[N+]([O-])c1ccc(F)c(NC2CCC3(CCCC3)CC2)c1. The first-order valence-corrected chi connectivity index (χ1v) is 7.79. The molecule has 4 nitrogen and oxygen atoms in total. The summed E-state index contributed by atoms with van der Waals surface area (Å²) in [7, 11) is 0. The molecular formula is C16H21FN2O2. The van der Waals surface area contributed by atoms with Crippen LogP contribution in [-0.2, 0) is 0 Å². The highest BCUT2D eigenvalue weighted by atomic mass is 19.1. The highest BCUT2D eigenvalue weighted by Gasteiger charge is 2.37. The van der Waals surface area contributed by atoms with E-state index in [-0.39, 0.29) is 17.4 Å². The molecular weight excluding hydrogens is 271 g/mol. The summed E-state index contributed by atoms with van der Waals surface area (Å²) in [6.07, 6.45) is 9.82. The molecule has 3 rings (SSSR count). The van der Waals surface area contributed by atoms with Crippen molar-refractivity contribution in [2.24, 2.45) is 5.41 Å². The first-order chi connectivity index (χ1) is 10.1. The van der Waals surface area contributed by atoms with Gasteiger partial charge in [0.05, 0.1) is 10.6 Å². The molecule has 0 unspecified atom stereocenters. The van der Waals surface area contributed by atoms with Crippen LogP contribution in [0.2, 0.25) is 0 Å². The van der Waals surface area contributed by atoms with Crippen molar-refractivity contribution in [2.45, 2.75) is 57.4 Å². The fourth-order valence-electron chi connectivity index (χ4n) is 3.96.